The van der Waals surface area contributed by atoms with Gasteiger partial charge in [0, 0.05) is 24.9 Å². The Labute approximate surface area is 155 Å². The summed E-state index contributed by atoms with van der Waals surface area (Å²) in [7, 11) is -3.80. The molecule has 1 saturated carbocycles. The maximum absolute atomic E-state index is 13.0. The van der Waals surface area contributed by atoms with E-state index in [2.05, 4.69) is 10.1 Å². The van der Waals surface area contributed by atoms with Crippen molar-refractivity contribution in [2.24, 2.45) is 0 Å². The van der Waals surface area contributed by atoms with Gasteiger partial charge in [-0.2, -0.15) is 9.29 Å². The van der Waals surface area contributed by atoms with Crippen LogP contribution in [0.5, 0.6) is 11.5 Å². The molecule has 2 aliphatic heterocycles. The molecule has 0 bridgehead atoms. The standard InChI is InChI=1S/C17H19N3O6S/c21-17(16-18-15(19-26-16)11-1-2-11)5-6-20(10-17)27(22,23)12-3-4-13-14(9-12)25-8-7-24-13/h3-4,9,11,21H,1-2,5-8,10H2/t17-/m1/s1. The first-order valence-electron chi connectivity index (χ1n) is 8.92. The minimum Gasteiger partial charge on any atom is -0.486 e. The summed E-state index contributed by atoms with van der Waals surface area (Å²) >= 11 is 0. The van der Waals surface area contributed by atoms with Gasteiger partial charge in [0.2, 0.25) is 10.0 Å². The van der Waals surface area contributed by atoms with Gasteiger partial charge < -0.3 is 19.1 Å². The highest BCUT2D eigenvalue weighted by Crippen LogP contribution is 2.41. The number of sulfonamides is 1. The van der Waals surface area contributed by atoms with Gasteiger partial charge in [0.05, 0.1) is 11.4 Å². The lowest BCUT2D eigenvalue weighted by molar-refractivity contribution is 0.0194. The summed E-state index contributed by atoms with van der Waals surface area (Å²) in [6.07, 6.45) is 2.23. The number of aromatic nitrogens is 2. The maximum atomic E-state index is 13.0. The monoisotopic (exact) mass is 393 g/mol. The van der Waals surface area contributed by atoms with Crippen LogP contribution in [0.15, 0.2) is 27.6 Å². The number of ether oxygens (including phenoxy) is 2. The van der Waals surface area contributed by atoms with Crippen LogP contribution >= 0.6 is 0 Å². The second kappa shape index (κ2) is 5.91. The van der Waals surface area contributed by atoms with Crippen LogP contribution in [-0.4, -0.2) is 54.3 Å². The number of β-amino-alcohol motifs (C(OH)–C–C–N with tert-alkyl or cyclic N) is 1. The summed E-state index contributed by atoms with van der Waals surface area (Å²) in [5.41, 5.74) is -1.47. The largest absolute Gasteiger partial charge is 0.486 e. The second-order valence-corrected chi connectivity index (χ2v) is 9.10. The number of hydrogen-bond donors (Lipinski definition) is 1. The lowest BCUT2D eigenvalue weighted by atomic mass is 10.0. The number of fused-ring (bicyclic) bond motifs is 1. The molecule has 0 spiro atoms. The smallest absolute Gasteiger partial charge is 0.260 e. The highest BCUT2D eigenvalue weighted by Gasteiger charge is 2.47. The van der Waals surface area contributed by atoms with E-state index in [1.807, 2.05) is 0 Å². The van der Waals surface area contributed by atoms with Crippen LogP contribution < -0.4 is 9.47 Å². The Morgan fingerprint density at radius 3 is 2.74 bits per heavy atom. The van der Waals surface area contributed by atoms with Gasteiger partial charge in [-0.05, 0) is 25.0 Å². The number of rotatable bonds is 4. The summed E-state index contributed by atoms with van der Waals surface area (Å²) in [5, 5.41) is 14.8. The zero-order chi connectivity index (χ0) is 18.6. The van der Waals surface area contributed by atoms with Gasteiger partial charge in [-0.1, -0.05) is 5.16 Å². The summed E-state index contributed by atoms with van der Waals surface area (Å²) in [6, 6.07) is 4.53. The van der Waals surface area contributed by atoms with Crippen molar-refractivity contribution >= 4 is 10.0 Å². The highest BCUT2D eigenvalue weighted by molar-refractivity contribution is 7.89. The molecule has 1 N–H and O–H groups in total. The summed E-state index contributed by atoms with van der Waals surface area (Å²) < 4.78 is 43.4. The van der Waals surface area contributed by atoms with Crippen LogP contribution in [0.2, 0.25) is 0 Å². The first kappa shape index (κ1) is 17.0. The molecule has 0 radical (unpaired) electrons. The fraction of sp³-hybridized carbons (Fsp3) is 0.529. The zero-order valence-electron chi connectivity index (χ0n) is 14.5. The summed E-state index contributed by atoms with van der Waals surface area (Å²) in [6.45, 7) is 0.843. The van der Waals surface area contributed by atoms with Crippen LogP contribution in [0.25, 0.3) is 0 Å². The predicted molar refractivity (Wildman–Crippen MR) is 91.0 cm³/mol. The van der Waals surface area contributed by atoms with E-state index >= 15 is 0 Å². The van der Waals surface area contributed by atoms with E-state index in [-0.39, 0.29) is 30.3 Å². The van der Waals surface area contributed by atoms with Crippen molar-refractivity contribution in [1.29, 1.82) is 0 Å². The van der Waals surface area contributed by atoms with Crippen LogP contribution in [0.4, 0.5) is 0 Å². The van der Waals surface area contributed by atoms with Gasteiger partial charge in [-0.15, -0.1) is 0 Å². The van der Waals surface area contributed by atoms with E-state index in [4.69, 9.17) is 14.0 Å². The average molecular weight is 393 g/mol. The average Bonchev–Trinajstić information content (AvgIpc) is 3.24. The molecule has 1 saturated heterocycles. The van der Waals surface area contributed by atoms with Crippen LogP contribution in [0.1, 0.15) is 36.9 Å². The van der Waals surface area contributed by atoms with E-state index < -0.39 is 15.6 Å². The fourth-order valence-electron chi connectivity index (χ4n) is 3.40. The predicted octanol–water partition coefficient (Wildman–Crippen LogP) is 1.00. The van der Waals surface area contributed by atoms with Crippen molar-refractivity contribution in [2.45, 2.75) is 35.7 Å². The maximum Gasteiger partial charge on any atom is 0.260 e. The van der Waals surface area contributed by atoms with Crippen LogP contribution in [0.3, 0.4) is 0 Å². The van der Waals surface area contributed by atoms with Crippen molar-refractivity contribution in [1.82, 2.24) is 14.4 Å². The Kier molecular flexibility index (Phi) is 3.72. The van der Waals surface area contributed by atoms with Crippen molar-refractivity contribution in [3.05, 3.63) is 29.9 Å². The molecule has 1 aromatic carbocycles. The minimum absolute atomic E-state index is 0.0873. The SMILES string of the molecule is O=S(=O)(c1ccc2c(c1)OCCO2)N1CC[C@](O)(c2nc(C3CC3)no2)C1. The lowest BCUT2D eigenvalue weighted by Crippen LogP contribution is -2.34. The quantitative estimate of drug-likeness (QED) is 0.818. The second-order valence-electron chi connectivity index (χ2n) is 7.16. The number of nitrogens with zero attached hydrogens (tertiary/aromatic N) is 3. The fourth-order valence-corrected chi connectivity index (χ4v) is 4.91. The summed E-state index contributed by atoms with van der Waals surface area (Å²) in [5.74, 6) is 1.90. The molecule has 3 aliphatic rings. The van der Waals surface area contributed by atoms with E-state index in [0.29, 0.717) is 36.5 Å². The zero-order valence-corrected chi connectivity index (χ0v) is 15.3. The molecule has 27 heavy (non-hydrogen) atoms. The van der Waals surface area contributed by atoms with Crippen LogP contribution in [0, 0.1) is 0 Å². The third-order valence-corrected chi connectivity index (χ3v) is 6.99. The lowest BCUT2D eigenvalue weighted by Gasteiger charge is -2.22. The van der Waals surface area contributed by atoms with Crippen molar-refractivity contribution < 1.29 is 27.5 Å². The molecule has 144 valence electrons. The third kappa shape index (κ3) is 2.88. The van der Waals surface area contributed by atoms with Crippen molar-refractivity contribution in [3.8, 4) is 11.5 Å². The van der Waals surface area contributed by atoms with E-state index in [1.54, 1.807) is 6.07 Å². The third-order valence-electron chi connectivity index (χ3n) is 5.15. The molecule has 1 atom stereocenters. The van der Waals surface area contributed by atoms with E-state index in [1.165, 1.54) is 16.4 Å². The molecular formula is C17H19N3O6S. The number of aliphatic hydroxyl groups is 1. The molecule has 1 aliphatic carbocycles. The van der Waals surface area contributed by atoms with Gasteiger partial charge in [0.15, 0.2) is 22.9 Å². The number of benzene rings is 1. The molecule has 1 aromatic heterocycles. The summed E-state index contributed by atoms with van der Waals surface area (Å²) in [4.78, 5) is 4.38. The molecule has 2 fully saturated rings. The van der Waals surface area contributed by atoms with Gasteiger partial charge >= 0.3 is 0 Å². The van der Waals surface area contributed by atoms with E-state index in [9.17, 15) is 13.5 Å². The van der Waals surface area contributed by atoms with Gasteiger partial charge in [0.1, 0.15) is 13.2 Å². The van der Waals surface area contributed by atoms with Crippen LogP contribution in [-0.2, 0) is 15.6 Å². The normalized spacial score (nSPS) is 25.7. The Balaban J connectivity index is 1.39. The molecule has 2 aromatic rings. The first-order valence-corrected chi connectivity index (χ1v) is 10.4. The topological polar surface area (TPSA) is 115 Å². The molecule has 0 unspecified atom stereocenters. The van der Waals surface area contributed by atoms with Crippen molar-refractivity contribution in [2.75, 3.05) is 26.3 Å². The molecular weight excluding hydrogens is 374 g/mol. The Hall–Kier alpha value is -2.17. The molecule has 9 nitrogen and oxygen atoms in total. The Bertz CT molecular complexity index is 986. The van der Waals surface area contributed by atoms with Crippen molar-refractivity contribution in [3.63, 3.8) is 0 Å². The van der Waals surface area contributed by atoms with Gasteiger partial charge in [-0.3, -0.25) is 0 Å². The molecule has 0 amide bonds. The molecule has 3 heterocycles. The van der Waals surface area contributed by atoms with Gasteiger partial charge in [0.25, 0.3) is 5.89 Å². The first-order chi connectivity index (χ1) is 13.0. The molecule has 5 rings (SSSR count). The van der Waals surface area contributed by atoms with E-state index in [0.717, 1.165) is 12.8 Å². The number of hydrogen-bond acceptors (Lipinski definition) is 8. The Morgan fingerprint density at radius 2 is 1.96 bits per heavy atom. The molecule has 10 heteroatoms. The highest BCUT2D eigenvalue weighted by atomic mass is 32.2. The Morgan fingerprint density at radius 1 is 1.19 bits per heavy atom. The minimum atomic E-state index is -3.80. The van der Waals surface area contributed by atoms with Gasteiger partial charge in [-0.25, -0.2) is 8.42 Å².